The molecule has 1 heterocycles. The largest absolute Gasteiger partial charge is 0.326 e. The Labute approximate surface area is 129 Å². The molecule has 4 unspecified atom stereocenters. The molecule has 2 saturated carbocycles. The smallest absolute Gasteiger partial charge is 0.224 e. The highest BCUT2D eigenvalue weighted by atomic mass is 35.5. The Morgan fingerprint density at radius 2 is 2.10 bits per heavy atom. The van der Waals surface area contributed by atoms with Crippen molar-refractivity contribution in [1.29, 1.82) is 0 Å². The summed E-state index contributed by atoms with van der Waals surface area (Å²) in [6.07, 6.45) is 6.14. The molecule has 1 aliphatic heterocycles. The number of anilines is 1. The van der Waals surface area contributed by atoms with Crippen molar-refractivity contribution in [1.82, 2.24) is 0 Å². The standard InChI is InChI=1S/C17H19ClFNO/c18-17(12-6-9-1-2-10(12)5-9)13-7-11-3-4-16(21)20-15(11)8-14(13)19/h7-10,12,17H,1-6H2,(H,20,21). The molecule has 4 rings (SSSR count). The van der Waals surface area contributed by atoms with Gasteiger partial charge in [-0.1, -0.05) is 6.42 Å². The van der Waals surface area contributed by atoms with Gasteiger partial charge in [0.15, 0.2) is 0 Å². The molecule has 0 saturated heterocycles. The Morgan fingerprint density at radius 3 is 2.81 bits per heavy atom. The Bertz CT molecular complexity index is 603. The summed E-state index contributed by atoms with van der Waals surface area (Å²) < 4.78 is 14.4. The van der Waals surface area contributed by atoms with E-state index >= 15 is 0 Å². The molecule has 1 aromatic rings. The van der Waals surface area contributed by atoms with E-state index in [0.29, 0.717) is 35.9 Å². The van der Waals surface area contributed by atoms with Crippen LogP contribution in [0.5, 0.6) is 0 Å². The Balaban J connectivity index is 1.64. The fourth-order valence-electron chi connectivity index (χ4n) is 4.52. The van der Waals surface area contributed by atoms with E-state index in [4.69, 9.17) is 11.6 Å². The lowest BCUT2D eigenvalue weighted by Gasteiger charge is -2.28. The molecule has 1 aromatic carbocycles. The molecule has 4 atom stereocenters. The maximum absolute atomic E-state index is 14.4. The molecule has 2 aliphatic carbocycles. The lowest BCUT2D eigenvalue weighted by molar-refractivity contribution is -0.116. The van der Waals surface area contributed by atoms with E-state index < -0.39 is 0 Å². The van der Waals surface area contributed by atoms with Crippen LogP contribution in [0.25, 0.3) is 0 Å². The topological polar surface area (TPSA) is 29.1 Å². The fourth-order valence-corrected chi connectivity index (χ4v) is 4.99. The lowest BCUT2D eigenvalue weighted by Crippen LogP contribution is -2.21. The number of rotatable bonds is 2. The molecule has 0 spiro atoms. The highest BCUT2D eigenvalue weighted by Gasteiger charge is 2.43. The van der Waals surface area contributed by atoms with Gasteiger partial charge in [-0.25, -0.2) is 4.39 Å². The van der Waals surface area contributed by atoms with Gasteiger partial charge in [0.05, 0.1) is 5.38 Å². The average molecular weight is 308 g/mol. The highest BCUT2D eigenvalue weighted by molar-refractivity contribution is 6.21. The van der Waals surface area contributed by atoms with E-state index in [9.17, 15) is 9.18 Å². The van der Waals surface area contributed by atoms with E-state index in [-0.39, 0.29) is 17.1 Å². The number of benzene rings is 1. The summed E-state index contributed by atoms with van der Waals surface area (Å²) in [4.78, 5) is 11.4. The van der Waals surface area contributed by atoms with Crippen molar-refractivity contribution >= 4 is 23.2 Å². The van der Waals surface area contributed by atoms with E-state index in [1.165, 1.54) is 25.3 Å². The number of hydrogen-bond donors (Lipinski definition) is 1. The molecule has 1 N–H and O–H groups in total. The summed E-state index contributed by atoms with van der Waals surface area (Å²) in [5, 5.41) is 2.51. The number of amides is 1. The number of aryl methyl sites for hydroxylation is 1. The third kappa shape index (κ3) is 2.26. The SMILES string of the molecule is O=C1CCc2cc(C(Cl)C3CC4CCC3C4)c(F)cc2N1. The minimum absolute atomic E-state index is 0.0369. The first-order valence-corrected chi connectivity index (χ1v) is 8.31. The molecular formula is C17H19ClFNO. The van der Waals surface area contributed by atoms with Gasteiger partial charge >= 0.3 is 0 Å². The molecule has 3 aliphatic rings. The number of alkyl halides is 1. The number of hydrogen-bond acceptors (Lipinski definition) is 1. The van der Waals surface area contributed by atoms with Gasteiger partial charge in [0, 0.05) is 17.7 Å². The van der Waals surface area contributed by atoms with Crippen LogP contribution in [0.1, 0.15) is 48.6 Å². The third-order valence-corrected chi connectivity index (χ3v) is 6.14. The van der Waals surface area contributed by atoms with Crippen LogP contribution >= 0.6 is 11.6 Å². The quantitative estimate of drug-likeness (QED) is 0.805. The summed E-state index contributed by atoms with van der Waals surface area (Å²) in [7, 11) is 0. The number of fused-ring (bicyclic) bond motifs is 3. The van der Waals surface area contributed by atoms with Crippen molar-refractivity contribution < 1.29 is 9.18 Å². The minimum atomic E-state index is -0.279. The molecule has 0 radical (unpaired) electrons. The van der Waals surface area contributed by atoms with Crippen molar-refractivity contribution in [2.24, 2.45) is 17.8 Å². The van der Waals surface area contributed by atoms with Crippen LogP contribution in [0.4, 0.5) is 10.1 Å². The maximum atomic E-state index is 14.4. The summed E-state index contributed by atoms with van der Waals surface area (Å²) in [6, 6.07) is 3.33. The number of nitrogens with one attached hydrogen (secondary N) is 1. The predicted molar refractivity (Wildman–Crippen MR) is 80.9 cm³/mol. The van der Waals surface area contributed by atoms with Crippen molar-refractivity contribution in [3.8, 4) is 0 Å². The van der Waals surface area contributed by atoms with Gasteiger partial charge < -0.3 is 5.32 Å². The summed E-state index contributed by atoms with van der Waals surface area (Å²) in [6.45, 7) is 0. The zero-order valence-corrected chi connectivity index (χ0v) is 12.6. The molecule has 21 heavy (non-hydrogen) atoms. The molecule has 2 bridgehead atoms. The average Bonchev–Trinajstić information content (AvgIpc) is 3.08. The van der Waals surface area contributed by atoms with Crippen LogP contribution in [0.2, 0.25) is 0 Å². The summed E-state index contributed by atoms with van der Waals surface area (Å²) in [5.74, 6) is 1.58. The Kier molecular flexibility index (Phi) is 3.21. The van der Waals surface area contributed by atoms with Gasteiger partial charge in [-0.15, -0.1) is 11.6 Å². The van der Waals surface area contributed by atoms with Gasteiger partial charge in [0.1, 0.15) is 5.82 Å². The van der Waals surface area contributed by atoms with Crippen molar-refractivity contribution in [3.05, 3.63) is 29.1 Å². The summed E-state index contributed by atoms with van der Waals surface area (Å²) in [5.41, 5.74) is 2.26. The van der Waals surface area contributed by atoms with Crippen LogP contribution < -0.4 is 5.32 Å². The zero-order chi connectivity index (χ0) is 14.6. The second-order valence-electron chi connectivity index (χ2n) is 6.82. The van der Waals surface area contributed by atoms with Gasteiger partial charge in [-0.05, 0) is 61.1 Å². The predicted octanol–water partition coefficient (Wildman–Crippen LogP) is 4.43. The third-order valence-electron chi connectivity index (χ3n) is 5.58. The van der Waals surface area contributed by atoms with Crippen molar-refractivity contribution in [2.75, 3.05) is 5.32 Å². The van der Waals surface area contributed by atoms with Crippen LogP contribution in [-0.4, -0.2) is 5.91 Å². The van der Waals surface area contributed by atoms with Crippen molar-refractivity contribution in [3.63, 3.8) is 0 Å². The highest BCUT2D eigenvalue weighted by Crippen LogP contribution is 2.54. The van der Waals surface area contributed by atoms with E-state index in [0.717, 1.165) is 17.9 Å². The normalized spacial score (nSPS) is 31.9. The van der Waals surface area contributed by atoms with Crippen LogP contribution in [0, 0.1) is 23.6 Å². The fraction of sp³-hybridized carbons (Fsp3) is 0.588. The van der Waals surface area contributed by atoms with Crippen LogP contribution in [0.3, 0.4) is 0 Å². The first kappa shape index (κ1) is 13.6. The second kappa shape index (κ2) is 4.98. The zero-order valence-electron chi connectivity index (χ0n) is 11.9. The van der Waals surface area contributed by atoms with E-state index in [1.807, 2.05) is 6.07 Å². The van der Waals surface area contributed by atoms with Crippen LogP contribution in [0.15, 0.2) is 12.1 Å². The lowest BCUT2D eigenvalue weighted by atomic mass is 9.83. The van der Waals surface area contributed by atoms with Gasteiger partial charge in [0.25, 0.3) is 0 Å². The molecule has 1 amide bonds. The van der Waals surface area contributed by atoms with Gasteiger partial charge in [-0.3, -0.25) is 4.79 Å². The van der Waals surface area contributed by atoms with Crippen molar-refractivity contribution in [2.45, 2.75) is 43.9 Å². The Morgan fingerprint density at radius 1 is 1.24 bits per heavy atom. The molecule has 2 nitrogen and oxygen atoms in total. The second-order valence-corrected chi connectivity index (χ2v) is 7.29. The Hall–Kier alpha value is -1.09. The molecular weight excluding hydrogens is 289 g/mol. The number of carbonyl (C=O) groups excluding carboxylic acids is 1. The van der Waals surface area contributed by atoms with Crippen LogP contribution in [-0.2, 0) is 11.2 Å². The molecule has 4 heteroatoms. The summed E-state index contributed by atoms with van der Waals surface area (Å²) >= 11 is 6.66. The number of halogens is 2. The van der Waals surface area contributed by atoms with Gasteiger partial charge in [-0.2, -0.15) is 0 Å². The van der Waals surface area contributed by atoms with Gasteiger partial charge in [0.2, 0.25) is 5.91 Å². The molecule has 2 fully saturated rings. The van der Waals surface area contributed by atoms with E-state index in [2.05, 4.69) is 5.32 Å². The number of carbonyl (C=O) groups is 1. The monoisotopic (exact) mass is 307 g/mol. The first-order chi connectivity index (χ1) is 10.1. The molecule has 0 aromatic heterocycles. The minimum Gasteiger partial charge on any atom is -0.326 e. The van der Waals surface area contributed by atoms with E-state index in [1.54, 1.807) is 0 Å². The first-order valence-electron chi connectivity index (χ1n) is 7.88. The molecule has 112 valence electrons. The maximum Gasteiger partial charge on any atom is 0.224 e.